The maximum Gasteiger partial charge on any atom is 0.322 e. The van der Waals surface area contributed by atoms with E-state index in [1.54, 1.807) is 25.6 Å². The summed E-state index contributed by atoms with van der Waals surface area (Å²) in [6.07, 6.45) is 7.61. The van der Waals surface area contributed by atoms with E-state index < -0.39 is 0 Å². The SMILES string of the molecule is COc1ccc(-c2nc(-c3ccncc3)nn2CCN(C(=O)Nc2ccc(Cl)cc2C)C2CCCC2)cc1Cl. The Balaban J connectivity index is 1.44. The summed E-state index contributed by atoms with van der Waals surface area (Å²) in [5, 5.41) is 9.04. The summed E-state index contributed by atoms with van der Waals surface area (Å²) in [7, 11) is 1.58. The average molecular weight is 566 g/mol. The van der Waals surface area contributed by atoms with Crippen LogP contribution in [-0.4, -0.2) is 50.4 Å². The molecular weight excluding hydrogens is 535 g/mol. The number of carbonyl (C=O) groups excluding carboxylic acids is 1. The number of carbonyl (C=O) groups is 1. The summed E-state index contributed by atoms with van der Waals surface area (Å²) >= 11 is 12.6. The van der Waals surface area contributed by atoms with Crippen LogP contribution in [0.15, 0.2) is 60.9 Å². The van der Waals surface area contributed by atoms with Crippen molar-refractivity contribution in [1.82, 2.24) is 24.6 Å². The summed E-state index contributed by atoms with van der Waals surface area (Å²) in [4.78, 5) is 24.4. The molecule has 1 aliphatic carbocycles. The van der Waals surface area contributed by atoms with E-state index in [1.165, 1.54) is 0 Å². The lowest BCUT2D eigenvalue weighted by Gasteiger charge is -2.29. The van der Waals surface area contributed by atoms with Crippen LogP contribution in [0.5, 0.6) is 5.75 Å². The van der Waals surface area contributed by atoms with Crippen LogP contribution < -0.4 is 10.1 Å². The van der Waals surface area contributed by atoms with Gasteiger partial charge in [0.25, 0.3) is 0 Å². The van der Waals surface area contributed by atoms with Gasteiger partial charge in [0.2, 0.25) is 0 Å². The minimum atomic E-state index is -0.129. The van der Waals surface area contributed by atoms with E-state index >= 15 is 0 Å². The van der Waals surface area contributed by atoms with Crippen molar-refractivity contribution in [2.24, 2.45) is 0 Å². The predicted octanol–water partition coefficient (Wildman–Crippen LogP) is 7.11. The van der Waals surface area contributed by atoms with Gasteiger partial charge in [0, 0.05) is 46.8 Å². The second kappa shape index (κ2) is 12.1. The number of amides is 2. The molecule has 1 N–H and O–H groups in total. The molecule has 0 unspecified atom stereocenters. The first kappa shape index (κ1) is 27.0. The number of pyridine rings is 1. The predicted molar refractivity (Wildman–Crippen MR) is 154 cm³/mol. The summed E-state index contributed by atoms with van der Waals surface area (Å²) < 4.78 is 7.17. The van der Waals surface area contributed by atoms with Gasteiger partial charge in [-0.05, 0) is 73.9 Å². The number of nitrogens with one attached hydrogen (secondary N) is 1. The van der Waals surface area contributed by atoms with Crippen molar-refractivity contribution in [1.29, 1.82) is 0 Å². The van der Waals surface area contributed by atoms with Crippen LogP contribution in [0.2, 0.25) is 10.0 Å². The molecule has 1 aliphatic rings. The molecule has 5 rings (SSSR count). The van der Waals surface area contributed by atoms with Gasteiger partial charge in [0.15, 0.2) is 11.6 Å². The van der Waals surface area contributed by atoms with Gasteiger partial charge < -0.3 is 15.0 Å². The Morgan fingerprint density at radius 1 is 1.08 bits per heavy atom. The molecule has 2 amide bonds. The highest BCUT2D eigenvalue weighted by molar-refractivity contribution is 6.32. The maximum absolute atomic E-state index is 13.6. The molecule has 0 saturated heterocycles. The van der Waals surface area contributed by atoms with Crippen molar-refractivity contribution >= 4 is 34.9 Å². The minimum Gasteiger partial charge on any atom is -0.495 e. The number of benzene rings is 2. The van der Waals surface area contributed by atoms with Crippen LogP contribution in [0.4, 0.5) is 10.5 Å². The van der Waals surface area contributed by atoms with Crippen molar-refractivity contribution < 1.29 is 9.53 Å². The smallest absolute Gasteiger partial charge is 0.322 e. The lowest BCUT2D eigenvalue weighted by molar-refractivity contribution is 0.184. The van der Waals surface area contributed by atoms with Crippen LogP contribution in [0, 0.1) is 6.92 Å². The van der Waals surface area contributed by atoms with Gasteiger partial charge in [-0.15, -0.1) is 0 Å². The third kappa shape index (κ3) is 6.18. The summed E-state index contributed by atoms with van der Waals surface area (Å²) in [6, 6.07) is 14.8. The van der Waals surface area contributed by atoms with Crippen LogP contribution in [0.3, 0.4) is 0 Å². The monoisotopic (exact) mass is 564 g/mol. The van der Waals surface area contributed by atoms with Gasteiger partial charge in [-0.25, -0.2) is 14.5 Å². The molecule has 0 bridgehead atoms. The number of urea groups is 1. The number of halogens is 2. The van der Waals surface area contributed by atoms with E-state index in [-0.39, 0.29) is 12.1 Å². The second-order valence-corrected chi connectivity index (χ2v) is 10.4. The molecule has 4 aromatic rings. The zero-order chi connectivity index (χ0) is 27.4. The van der Waals surface area contributed by atoms with E-state index in [0.717, 1.165) is 48.1 Å². The van der Waals surface area contributed by atoms with Crippen LogP contribution in [-0.2, 0) is 6.54 Å². The fourth-order valence-corrected chi connectivity index (χ4v) is 5.45. The molecule has 0 radical (unpaired) electrons. The lowest BCUT2D eigenvalue weighted by atomic mass is 10.2. The van der Waals surface area contributed by atoms with Crippen molar-refractivity contribution in [2.45, 2.75) is 45.2 Å². The first-order valence-electron chi connectivity index (χ1n) is 13.0. The first-order chi connectivity index (χ1) is 18.9. The number of ether oxygens (including phenoxy) is 1. The molecule has 202 valence electrons. The van der Waals surface area contributed by atoms with E-state index in [0.29, 0.717) is 40.5 Å². The van der Waals surface area contributed by atoms with Crippen molar-refractivity contribution in [3.05, 3.63) is 76.5 Å². The molecule has 39 heavy (non-hydrogen) atoms. The summed E-state index contributed by atoms with van der Waals surface area (Å²) in [5.41, 5.74) is 3.33. The van der Waals surface area contributed by atoms with Crippen LogP contribution in [0.1, 0.15) is 31.2 Å². The van der Waals surface area contributed by atoms with E-state index in [4.69, 9.17) is 38.0 Å². The van der Waals surface area contributed by atoms with Gasteiger partial charge in [-0.3, -0.25) is 4.98 Å². The largest absolute Gasteiger partial charge is 0.495 e. The van der Waals surface area contributed by atoms with Crippen LogP contribution in [0.25, 0.3) is 22.8 Å². The molecule has 0 aliphatic heterocycles. The Labute approximate surface area is 237 Å². The first-order valence-corrected chi connectivity index (χ1v) is 13.7. The van der Waals surface area contributed by atoms with E-state index in [9.17, 15) is 4.79 Å². The second-order valence-electron chi connectivity index (χ2n) is 9.59. The van der Waals surface area contributed by atoms with Crippen molar-refractivity contribution in [3.63, 3.8) is 0 Å². The highest BCUT2D eigenvalue weighted by atomic mass is 35.5. The Kier molecular flexibility index (Phi) is 8.33. The fraction of sp³-hybridized carbons (Fsp3) is 0.310. The van der Waals surface area contributed by atoms with Gasteiger partial charge in [-0.2, -0.15) is 5.10 Å². The quantitative estimate of drug-likeness (QED) is 0.246. The van der Waals surface area contributed by atoms with Gasteiger partial charge in [0.05, 0.1) is 18.7 Å². The van der Waals surface area contributed by atoms with E-state index in [1.807, 2.05) is 59.0 Å². The summed E-state index contributed by atoms with van der Waals surface area (Å²) in [5.74, 6) is 1.82. The van der Waals surface area contributed by atoms with Gasteiger partial charge >= 0.3 is 6.03 Å². The topological polar surface area (TPSA) is 85.2 Å². The normalized spacial score (nSPS) is 13.4. The Morgan fingerprint density at radius 2 is 1.85 bits per heavy atom. The minimum absolute atomic E-state index is 0.129. The number of hydrogen-bond acceptors (Lipinski definition) is 5. The Bertz CT molecular complexity index is 1450. The van der Waals surface area contributed by atoms with Crippen LogP contribution >= 0.6 is 23.2 Å². The number of methoxy groups -OCH3 is 1. The maximum atomic E-state index is 13.6. The number of nitrogens with zero attached hydrogens (tertiary/aromatic N) is 5. The third-order valence-electron chi connectivity index (χ3n) is 7.03. The standard InChI is InChI=1S/C29H30Cl2N6O2/c1-19-17-22(30)8-9-25(19)33-29(38)36(23-5-3-4-6-23)15-16-37-28(21-7-10-26(39-2)24(31)18-21)34-27(35-37)20-11-13-32-14-12-20/h7-14,17-18,23H,3-6,15-16H2,1-2H3,(H,33,38). The molecule has 0 spiro atoms. The Morgan fingerprint density at radius 3 is 2.54 bits per heavy atom. The van der Waals surface area contributed by atoms with E-state index in [2.05, 4.69) is 10.3 Å². The molecule has 1 fully saturated rings. The third-order valence-corrected chi connectivity index (χ3v) is 7.56. The molecule has 1 saturated carbocycles. The summed E-state index contributed by atoms with van der Waals surface area (Å²) in [6.45, 7) is 2.86. The Hall–Kier alpha value is -3.62. The fourth-order valence-electron chi connectivity index (χ4n) is 4.96. The van der Waals surface area contributed by atoms with Crippen molar-refractivity contribution in [3.8, 4) is 28.5 Å². The number of hydrogen-bond donors (Lipinski definition) is 1. The molecular formula is C29H30Cl2N6O2. The highest BCUT2D eigenvalue weighted by Gasteiger charge is 2.27. The number of aryl methyl sites for hydroxylation is 1. The molecule has 2 aromatic carbocycles. The molecule has 0 atom stereocenters. The van der Waals surface area contributed by atoms with Gasteiger partial charge in [-0.1, -0.05) is 36.0 Å². The number of anilines is 1. The number of rotatable bonds is 8. The molecule has 2 heterocycles. The van der Waals surface area contributed by atoms with Crippen molar-refractivity contribution in [2.75, 3.05) is 19.0 Å². The zero-order valence-electron chi connectivity index (χ0n) is 21.9. The molecule has 2 aromatic heterocycles. The zero-order valence-corrected chi connectivity index (χ0v) is 23.4. The molecule has 10 heteroatoms. The van der Waals surface area contributed by atoms with Gasteiger partial charge in [0.1, 0.15) is 5.75 Å². The number of aromatic nitrogens is 4. The highest BCUT2D eigenvalue weighted by Crippen LogP contribution is 2.31. The lowest BCUT2D eigenvalue weighted by Crippen LogP contribution is -2.43. The molecule has 8 nitrogen and oxygen atoms in total. The average Bonchev–Trinajstić information content (AvgIpc) is 3.62.